The van der Waals surface area contributed by atoms with Crippen LogP contribution in [0.1, 0.15) is 36.5 Å². The molecule has 1 aromatic carbocycles. The second-order valence-corrected chi connectivity index (χ2v) is 4.96. The van der Waals surface area contributed by atoms with E-state index in [9.17, 15) is 4.79 Å². The number of nitrogens with two attached hydrogens (primary N) is 1. The number of amides is 1. The zero-order valence-corrected chi connectivity index (χ0v) is 11.4. The highest BCUT2D eigenvalue weighted by molar-refractivity contribution is 5.94. The number of hydrogen-bond acceptors (Lipinski definition) is 3. The molecule has 0 radical (unpaired) electrons. The first kappa shape index (κ1) is 13.9. The molecule has 0 heterocycles. The van der Waals surface area contributed by atoms with Gasteiger partial charge in [0.15, 0.2) is 0 Å². The van der Waals surface area contributed by atoms with Crippen LogP contribution < -0.4 is 15.8 Å². The topological polar surface area (TPSA) is 64.3 Å². The molecule has 1 aliphatic carbocycles. The maximum absolute atomic E-state index is 12.1. The summed E-state index contributed by atoms with van der Waals surface area (Å²) in [6.07, 6.45) is 3.30. The Morgan fingerprint density at radius 3 is 2.74 bits per heavy atom. The van der Waals surface area contributed by atoms with Crippen LogP contribution in [0.2, 0.25) is 0 Å². The second-order valence-electron chi connectivity index (χ2n) is 4.96. The van der Waals surface area contributed by atoms with E-state index < -0.39 is 0 Å². The van der Waals surface area contributed by atoms with E-state index >= 15 is 0 Å². The van der Waals surface area contributed by atoms with Gasteiger partial charge >= 0.3 is 0 Å². The molecule has 4 heteroatoms. The van der Waals surface area contributed by atoms with Crippen molar-refractivity contribution in [2.75, 3.05) is 13.2 Å². The Labute approximate surface area is 114 Å². The fraction of sp³-hybridized carbons (Fsp3) is 0.533. The largest absolute Gasteiger partial charge is 0.494 e. The highest BCUT2D eigenvalue weighted by Crippen LogP contribution is 2.25. The van der Waals surface area contributed by atoms with E-state index in [1.54, 1.807) is 12.1 Å². The van der Waals surface area contributed by atoms with Crippen LogP contribution in [-0.2, 0) is 0 Å². The molecular weight excluding hydrogens is 240 g/mol. The maximum Gasteiger partial charge on any atom is 0.251 e. The molecule has 104 valence electrons. The molecule has 2 unspecified atom stereocenters. The van der Waals surface area contributed by atoms with Crippen molar-refractivity contribution in [2.24, 2.45) is 11.7 Å². The Morgan fingerprint density at radius 1 is 1.37 bits per heavy atom. The minimum absolute atomic E-state index is 0.0200. The standard InChI is InChI=1S/C15H22N2O2/c1-2-19-13-8-6-11(7-9-13)15(18)17-14-5-3-4-12(14)10-16/h6-9,12,14H,2-5,10,16H2,1H3,(H,17,18). The van der Waals surface area contributed by atoms with Crippen molar-refractivity contribution in [1.82, 2.24) is 5.32 Å². The highest BCUT2D eigenvalue weighted by Gasteiger charge is 2.27. The summed E-state index contributed by atoms with van der Waals surface area (Å²) in [6, 6.07) is 7.48. The van der Waals surface area contributed by atoms with Gasteiger partial charge in [0.25, 0.3) is 5.91 Å². The molecule has 1 saturated carbocycles. The van der Waals surface area contributed by atoms with Gasteiger partial charge in [-0.25, -0.2) is 0 Å². The average Bonchev–Trinajstić information content (AvgIpc) is 2.87. The Kier molecular flexibility index (Phi) is 4.80. The van der Waals surface area contributed by atoms with Gasteiger partial charge in [-0.15, -0.1) is 0 Å². The lowest BCUT2D eigenvalue weighted by Crippen LogP contribution is -2.39. The molecule has 1 fully saturated rings. The first-order valence-electron chi connectivity index (χ1n) is 6.98. The minimum Gasteiger partial charge on any atom is -0.494 e. The van der Waals surface area contributed by atoms with Crippen molar-refractivity contribution in [3.63, 3.8) is 0 Å². The molecule has 0 aromatic heterocycles. The third-order valence-electron chi connectivity index (χ3n) is 3.71. The van der Waals surface area contributed by atoms with E-state index in [0.29, 0.717) is 24.6 Å². The third-order valence-corrected chi connectivity index (χ3v) is 3.71. The quantitative estimate of drug-likeness (QED) is 0.852. The molecule has 1 aliphatic rings. The number of ether oxygens (including phenoxy) is 1. The van der Waals surface area contributed by atoms with E-state index in [2.05, 4.69) is 5.32 Å². The summed E-state index contributed by atoms with van der Waals surface area (Å²) in [5.41, 5.74) is 6.40. The molecule has 3 N–H and O–H groups in total. The van der Waals surface area contributed by atoms with Gasteiger partial charge in [-0.05, 0) is 56.5 Å². The molecule has 0 spiro atoms. The summed E-state index contributed by atoms with van der Waals surface area (Å²) in [5.74, 6) is 1.19. The van der Waals surface area contributed by atoms with E-state index in [0.717, 1.165) is 25.0 Å². The lowest BCUT2D eigenvalue weighted by atomic mass is 10.0. The first-order valence-corrected chi connectivity index (χ1v) is 6.98. The van der Waals surface area contributed by atoms with E-state index in [-0.39, 0.29) is 11.9 Å². The molecule has 0 saturated heterocycles. The summed E-state index contributed by atoms with van der Waals surface area (Å²) in [5, 5.41) is 3.09. The van der Waals surface area contributed by atoms with Gasteiger partial charge in [0.05, 0.1) is 6.61 Å². The van der Waals surface area contributed by atoms with Crippen LogP contribution in [0.3, 0.4) is 0 Å². The SMILES string of the molecule is CCOc1ccc(C(=O)NC2CCCC2CN)cc1. The van der Waals surface area contributed by atoms with Gasteiger partial charge in [0, 0.05) is 11.6 Å². The zero-order valence-electron chi connectivity index (χ0n) is 11.4. The molecule has 0 bridgehead atoms. The summed E-state index contributed by atoms with van der Waals surface area (Å²) in [7, 11) is 0. The van der Waals surface area contributed by atoms with Crippen LogP contribution in [0.4, 0.5) is 0 Å². The van der Waals surface area contributed by atoms with Crippen molar-refractivity contribution in [3.8, 4) is 5.75 Å². The lowest BCUT2D eigenvalue weighted by Gasteiger charge is -2.19. The van der Waals surface area contributed by atoms with Crippen LogP contribution in [0.15, 0.2) is 24.3 Å². The summed E-state index contributed by atoms with van der Waals surface area (Å²) < 4.78 is 5.36. The van der Waals surface area contributed by atoms with Crippen molar-refractivity contribution in [2.45, 2.75) is 32.2 Å². The number of carbonyl (C=O) groups is 1. The van der Waals surface area contributed by atoms with Gasteiger partial charge < -0.3 is 15.8 Å². The Hall–Kier alpha value is -1.55. The normalized spacial score (nSPS) is 22.2. The Balaban J connectivity index is 1.95. The lowest BCUT2D eigenvalue weighted by molar-refractivity contribution is 0.0929. The monoisotopic (exact) mass is 262 g/mol. The number of rotatable bonds is 5. The van der Waals surface area contributed by atoms with Gasteiger partial charge in [-0.3, -0.25) is 4.79 Å². The van der Waals surface area contributed by atoms with Crippen LogP contribution in [0.5, 0.6) is 5.75 Å². The molecule has 1 amide bonds. The first-order chi connectivity index (χ1) is 9.24. The van der Waals surface area contributed by atoms with Gasteiger partial charge in [-0.1, -0.05) is 6.42 Å². The smallest absolute Gasteiger partial charge is 0.251 e. The van der Waals surface area contributed by atoms with Gasteiger partial charge in [0.2, 0.25) is 0 Å². The highest BCUT2D eigenvalue weighted by atomic mass is 16.5. The van der Waals surface area contributed by atoms with E-state index in [1.165, 1.54) is 0 Å². The van der Waals surface area contributed by atoms with Crippen molar-refractivity contribution >= 4 is 5.91 Å². The third kappa shape index (κ3) is 3.47. The number of carbonyl (C=O) groups excluding carboxylic acids is 1. The molecular formula is C15H22N2O2. The Bertz CT molecular complexity index is 417. The molecule has 1 aromatic rings. The Morgan fingerprint density at radius 2 is 2.11 bits per heavy atom. The van der Waals surface area contributed by atoms with E-state index in [4.69, 9.17) is 10.5 Å². The fourth-order valence-corrected chi connectivity index (χ4v) is 2.63. The predicted octanol–water partition coefficient (Wildman–Crippen LogP) is 1.94. The maximum atomic E-state index is 12.1. The average molecular weight is 262 g/mol. The zero-order chi connectivity index (χ0) is 13.7. The predicted molar refractivity (Wildman–Crippen MR) is 75.3 cm³/mol. The summed E-state index contributed by atoms with van der Waals surface area (Å²) in [6.45, 7) is 3.22. The van der Waals surface area contributed by atoms with Crippen LogP contribution in [0.25, 0.3) is 0 Å². The molecule has 2 atom stereocenters. The molecule has 2 rings (SSSR count). The van der Waals surface area contributed by atoms with Gasteiger partial charge in [-0.2, -0.15) is 0 Å². The van der Waals surface area contributed by atoms with Crippen molar-refractivity contribution in [1.29, 1.82) is 0 Å². The number of benzene rings is 1. The van der Waals surface area contributed by atoms with Crippen molar-refractivity contribution < 1.29 is 9.53 Å². The van der Waals surface area contributed by atoms with Gasteiger partial charge in [0.1, 0.15) is 5.75 Å². The molecule has 4 nitrogen and oxygen atoms in total. The minimum atomic E-state index is -0.0200. The summed E-state index contributed by atoms with van der Waals surface area (Å²) in [4.78, 5) is 12.1. The number of hydrogen-bond donors (Lipinski definition) is 2. The van der Waals surface area contributed by atoms with E-state index in [1.807, 2.05) is 19.1 Å². The second kappa shape index (κ2) is 6.57. The number of nitrogens with one attached hydrogen (secondary N) is 1. The molecule has 19 heavy (non-hydrogen) atoms. The van der Waals surface area contributed by atoms with Crippen LogP contribution >= 0.6 is 0 Å². The van der Waals surface area contributed by atoms with Crippen LogP contribution in [-0.4, -0.2) is 25.1 Å². The fourth-order valence-electron chi connectivity index (χ4n) is 2.63. The molecule has 0 aliphatic heterocycles. The van der Waals surface area contributed by atoms with Crippen molar-refractivity contribution in [3.05, 3.63) is 29.8 Å². The van der Waals surface area contributed by atoms with Crippen LogP contribution in [0, 0.1) is 5.92 Å². The summed E-state index contributed by atoms with van der Waals surface area (Å²) >= 11 is 0.